The second-order valence-corrected chi connectivity index (χ2v) is 7.76. The van der Waals surface area contributed by atoms with Gasteiger partial charge in [0.1, 0.15) is 0 Å². The van der Waals surface area contributed by atoms with Crippen LogP contribution < -0.4 is 10.0 Å². The summed E-state index contributed by atoms with van der Waals surface area (Å²) in [5, 5.41) is 2.96. The molecule has 1 atom stereocenters. The van der Waals surface area contributed by atoms with E-state index in [1.165, 1.54) is 5.56 Å². The Labute approximate surface area is 143 Å². The Hall–Kier alpha value is -2.34. The first-order chi connectivity index (χ1) is 11.2. The number of hydrogen-bond acceptors (Lipinski definition) is 3. The number of sulfonamides is 1. The predicted molar refractivity (Wildman–Crippen MR) is 96.7 cm³/mol. The standard InChI is InChI=1S/C18H22N2O3S/c1-12-5-10-17(13(2)11-12)14(3)19-18(21)15-6-8-16(9-7-15)20-24(4,22)23/h5-11,14,20H,1-4H3,(H,19,21)/t14-/m0/s1. The van der Waals surface area contributed by atoms with Crippen LogP contribution in [0, 0.1) is 13.8 Å². The summed E-state index contributed by atoms with van der Waals surface area (Å²) in [6.07, 6.45) is 1.08. The molecular formula is C18H22N2O3S. The average Bonchev–Trinajstić information content (AvgIpc) is 2.45. The third-order valence-electron chi connectivity index (χ3n) is 3.69. The van der Waals surface area contributed by atoms with Gasteiger partial charge in [0.2, 0.25) is 10.0 Å². The Morgan fingerprint density at radius 1 is 1.04 bits per heavy atom. The SMILES string of the molecule is Cc1ccc([C@H](C)NC(=O)c2ccc(NS(C)(=O)=O)cc2)c(C)c1. The van der Waals surface area contributed by atoms with Gasteiger partial charge < -0.3 is 5.32 Å². The molecule has 128 valence electrons. The lowest BCUT2D eigenvalue weighted by Crippen LogP contribution is -2.27. The highest BCUT2D eigenvalue weighted by molar-refractivity contribution is 7.92. The minimum absolute atomic E-state index is 0.119. The van der Waals surface area contributed by atoms with Crippen molar-refractivity contribution in [2.24, 2.45) is 0 Å². The molecule has 5 nitrogen and oxygen atoms in total. The van der Waals surface area contributed by atoms with Crippen LogP contribution in [-0.4, -0.2) is 20.6 Å². The van der Waals surface area contributed by atoms with E-state index in [9.17, 15) is 13.2 Å². The molecule has 0 bridgehead atoms. The minimum Gasteiger partial charge on any atom is -0.346 e. The Kier molecular flexibility index (Phi) is 5.29. The highest BCUT2D eigenvalue weighted by atomic mass is 32.2. The second kappa shape index (κ2) is 7.05. The van der Waals surface area contributed by atoms with Gasteiger partial charge in [0.05, 0.1) is 12.3 Å². The summed E-state index contributed by atoms with van der Waals surface area (Å²) in [6.45, 7) is 6.00. The van der Waals surface area contributed by atoms with Crippen molar-refractivity contribution in [2.75, 3.05) is 11.0 Å². The van der Waals surface area contributed by atoms with E-state index in [1.807, 2.05) is 32.9 Å². The van der Waals surface area contributed by atoms with E-state index in [4.69, 9.17) is 0 Å². The van der Waals surface area contributed by atoms with Crippen LogP contribution in [0.25, 0.3) is 0 Å². The third-order valence-corrected chi connectivity index (χ3v) is 4.30. The summed E-state index contributed by atoms with van der Waals surface area (Å²) in [6, 6.07) is 12.3. The molecule has 0 radical (unpaired) electrons. The molecule has 0 spiro atoms. The van der Waals surface area contributed by atoms with Crippen molar-refractivity contribution in [3.8, 4) is 0 Å². The van der Waals surface area contributed by atoms with Gasteiger partial charge in [0.25, 0.3) is 5.91 Å². The van der Waals surface area contributed by atoms with Crippen LogP contribution in [0.2, 0.25) is 0 Å². The quantitative estimate of drug-likeness (QED) is 0.873. The number of anilines is 1. The summed E-state index contributed by atoms with van der Waals surface area (Å²) >= 11 is 0. The molecule has 0 aliphatic carbocycles. The van der Waals surface area contributed by atoms with Gasteiger partial charge in [-0.25, -0.2) is 8.42 Å². The summed E-state index contributed by atoms with van der Waals surface area (Å²) < 4.78 is 24.7. The summed E-state index contributed by atoms with van der Waals surface area (Å²) in [5.74, 6) is -0.201. The molecule has 2 rings (SSSR count). The first-order valence-electron chi connectivity index (χ1n) is 7.61. The van der Waals surface area contributed by atoms with Gasteiger partial charge in [0.15, 0.2) is 0 Å². The molecular weight excluding hydrogens is 324 g/mol. The second-order valence-electron chi connectivity index (χ2n) is 6.01. The topological polar surface area (TPSA) is 75.3 Å². The molecule has 0 heterocycles. The molecule has 24 heavy (non-hydrogen) atoms. The molecule has 0 aliphatic rings. The maximum atomic E-state index is 12.4. The Bertz CT molecular complexity index is 843. The van der Waals surface area contributed by atoms with E-state index in [-0.39, 0.29) is 11.9 Å². The van der Waals surface area contributed by atoms with E-state index in [0.717, 1.165) is 17.4 Å². The monoisotopic (exact) mass is 346 g/mol. The van der Waals surface area contributed by atoms with Gasteiger partial charge in [-0.3, -0.25) is 9.52 Å². The zero-order valence-electron chi connectivity index (χ0n) is 14.3. The lowest BCUT2D eigenvalue weighted by Gasteiger charge is -2.17. The van der Waals surface area contributed by atoms with E-state index < -0.39 is 10.0 Å². The lowest BCUT2D eigenvalue weighted by atomic mass is 10.00. The van der Waals surface area contributed by atoms with Gasteiger partial charge >= 0.3 is 0 Å². The fourth-order valence-electron chi connectivity index (χ4n) is 2.57. The molecule has 2 N–H and O–H groups in total. The smallest absolute Gasteiger partial charge is 0.251 e. The summed E-state index contributed by atoms with van der Waals surface area (Å²) in [4.78, 5) is 12.4. The number of rotatable bonds is 5. The Morgan fingerprint density at radius 2 is 1.67 bits per heavy atom. The van der Waals surface area contributed by atoms with Crippen LogP contribution >= 0.6 is 0 Å². The van der Waals surface area contributed by atoms with Gasteiger partial charge in [-0.15, -0.1) is 0 Å². The number of carbonyl (C=O) groups is 1. The molecule has 0 saturated heterocycles. The van der Waals surface area contributed by atoms with Crippen molar-refractivity contribution in [3.05, 3.63) is 64.7 Å². The van der Waals surface area contributed by atoms with Gasteiger partial charge in [-0.1, -0.05) is 23.8 Å². The fourth-order valence-corrected chi connectivity index (χ4v) is 3.14. The Morgan fingerprint density at radius 3 is 2.21 bits per heavy atom. The fraction of sp³-hybridized carbons (Fsp3) is 0.278. The molecule has 0 aliphatic heterocycles. The number of carbonyl (C=O) groups excluding carboxylic acids is 1. The van der Waals surface area contributed by atoms with E-state index in [0.29, 0.717) is 11.3 Å². The van der Waals surface area contributed by atoms with E-state index in [1.54, 1.807) is 24.3 Å². The largest absolute Gasteiger partial charge is 0.346 e. The van der Waals surface area contributed by atoms with Gasteiger partial charge in [-0.05, 0) is 56.2 Å². The zero-order valence-corrected chi connectivity index (χ0v) is 15.1. The highest BCUT2D eigenvalue weighted by Gasteiger charge is 2.13. The van der Waals surface area contributed by atoms with Crippen molar-refractivity contribution in [2.45, 2.75) is 26.8 Å². The van der Waals surface area contributed by atoms with Gasteiger partial charge in [0, 0.05) is 11.3 Å². The van der Waals surface area contributed by atoms with E-state index in [2.05, 4.69) is 16.1 Å². The first kappa shape index (κ1) is 18.0. The van der Waals surface area contributed by atoms with E-state index >= 15 is 0 Å². The molecule has 1 amide bonds. The van der Waals surface area contributed by atoms with Crippen molar-refractivity contribution in [1.29, 1.82) is 0 Å². The number of hydrogen-bond donors (Lipinski definition) is 2. The maximum Gasteiger partial charge on any atom is 0.251 e. The molecule has 6 heteroatoms. The predicted octanol–water partition coefficient (Wildman–Crippen LogP) is 3.17. The van der Waals surface area contributed by atoms with Crippen molar-refractivity contribution >= 4 is 21.6 Å². The molecule has 2 aromatic carbocycles. The van der Waals surface area contributed by atoms with Crippen molar-refractivity contribution < 1.29 is 13.2 Å². The van der Waals surface area contributed by atoms with Crippen LogP contribution in [0.15, 0.2) is 42.5 Å². The number of nitrogens with one attached hydrogen (secondary N) is 2. The van der Waals surface area contributed by atoms with Crippen molar-refractivity contribution in [1.82, 2.24) is 5.32 Å². The molecule has 0 saturated carbocycles. The third kappa shape index (κ3) is 4.83. The number of amides is 1. The lowest BCUT2D eigenvalue weighted by molar-refractivity contribution is 0.0940. The number of benzene rings is 2. The van der Waals surface area contributed by atoms with Gasteiger partial charge in [-0.2, -0.15) is 0 Å². The summed E-state index contributed by atoms with van der Waals surface area (Å²) in [7, 11) is -3.32. The maximum absolute atomic E-state index is 12.4. The Balaban J connectivity index is 2.09. The molecule has 0 aromatic heterocycles. The zero-order chi connectivity index (χ0) is 17.9. The molecule has 0 unspecified atom stereocenters. The van der Waals surface area contributed by atoms with Crippen LogP contribution in [0.5, 0.6) is 0 Å². The van der Waals surface area contributed by atoms with Crippen LogP contribution in [-0.2, 0) is 10.0 Å². The van der Waals surface area contributed by atoms with Crippen LogP contribution in [0.4, 0.5) is 5.69 Å². The molecule has 2 aromatic rings. The van der Waals surface area contributed by atoms with Crippen molar-refractivity contribution in [3.63, 3.8) is 0 Å². The first-order valence-corrected chi connectivity index (χ1v) is 9.51. The highest BCUT2D eigenvalue weighted by Crippen LogP contribution is 2.19. The summed E-state index contributed by atoms with van der Waals surface area (Å²) in [5.41, 5.74) is 4.30. The van der Waals surface area contributed by atoms with Crippen LogP contribution in [0.1, 0.15) is 40.0 Å². The normalized spacial score (nSPS) is 12.5. The van der Waals surface area contributed by atoms with Crippen LogP contribution in [0.3, 0.4) is 0 Å². The minimum atomic E-state index is -3.32. The number of aryl methyl sites for hydroxylation is 2. The molecule has 0 fully saturated rings. The average molecular weight is 346 g/mol.